The molecule has 25 heavy (non-hydrogen) atoms. The molecule has 0 saturated heterocycles. The van der Waals surface area contributed by atoms with Crippen molar-refractivity contribution < 1.29 is 4.79 Å². The first-order chi connectivity index (χ1) is 12.0. The zero-order valence-corrected chi connectivity index (χ0v) is 15.0. The first-order valence-corrected chi connectivity index (χ1v) is 8.85. The molecule has 7 heteroatoms. The molecule has 1 aliphatic carbocycles. The van der Waals surface area contributed by atoms with E-state index in [0.717, 1.165) is 43.4 Å². The smallest absolute Gasteiger partial charge is 0.261 e. The van der Waals surface area contributed by atoms with E-state index in [1.807, 2.05) is 0 Å². The van der Waals surface area contributed by atoms with Crippen LogP contribution in [0.3, 0.4) is 0 Å². The van der Waals surface area contributed by atoms with E-state index in [-0.39, 0.29) is 23.1 Å². The molecule has 1 atom stereocenters. The van der Waals surface area contributed by atoms with E-state index >= 15 is 0 Å². The number of pyridine rings is 1. The fraction of sp³-hybridized carbons (Fsp3) is 0.556. The van der Waals surface area contributed by atoms with E-state index in [2.05, 4.69) is 34.2 Å². The molecule has 2 aromatic heterocycles. The Bertz CT molecular complexity index is 821. The van der Waals surface area contributed by atoms with Gasteiger partial charge in [-0.2, -0.15) is 5.10 Å². The van der Waals surface area contributed by atoms with E-state index in [4.69, 9.17) is 0 Å². The van der Waals surface area contributed by atoms with Crippen LogP contribution in [0.5, 0.6) is 0 Å². The minimum absolute atomic E-state index is 0.177. The van der Waals surface area contributed by atoms with Gasteiger partial charge in [0.15, 0.2) is 0 Å². The van der Waals surface area contributed by atoms with Gasteiger partial charge in [0.25, 0.3) is 11.5 Å². The van der Waals surface area contributed by atoms with E-state index in [0.29, 0.717) is 11.7 Å². The van der Waals surface area contributed by atoms with Crippen molar-refractivity contribution in [1.29, 1.82) is 0 Å². The lowest BCUT2D eigenvalue weighted by Crippen LogP contribution is -2.35. The highest BCUT2D eigenvalue weighted by atomic mass is 16.2. The van der Waals surface area contributed by atoms with Gasteiger partial charge in [-0.1, -0.05) is 13.8 Å². The molecule has 0 aromatic carbocycles. The number of rotatable bonds is 5. The number of aryl methyl sites for hydroxylation is 3. The van der Waals surface area contributed by atoms with Gasteiger partial charge < -0.3 is 10.3 Å². The van der Waals surface area contributed by atoms with Crippen LogP contribution in [0.15, 0.2) is 17.2 Å². The second kappa shape index (κ2) is 7.21. The van der Waals surface area contributed by atoms with Crippen LogP contribution >= 0.6 is 0 Å². The standard InChI is InChI=1S/C18H25N5O2/c1-11(2)8-15(16-19-10-20-23(16)3)22-18(25)13-9-12-6-4-5-7-14(12)21-17(13)24/h9-11,15H,4-8H2,1-3H3,(H,21,24)(H,22,25). The summed E-state index contributed by atoms with van der Waals surface area (Å²) in [5, 5.41) is 7.06. The van der Waals surface area contributed by atoms with Gasteiger partial charge in [0.05, 0.1) is 6.04 Å². The van der Waals surface area contributed by atoms with Crippen molar-refractivity contribution in [2.45, 2.75) is 52.0 Å². The number of aromatic amines is 1. The number of amides is 1. The van der Waals surface area contributed by atoms with Crippen LogP contribution in [-0.4, -0.2) is 25.7 Å². The number of carbonyl (C=O) groups excluding carboxylic acids is 1. The van der Waals surface area contributed by atoms with Gasteiger partial charge in [-0.05, 0) is 49.7 Å². The van der Waals surface area contributed by atoms with Crippen molar-refractivity contribution in [3.05, 3.63) is 45.4 Å². The van der Waals surface area contributed by atoms with Gasteiger partial charge in [-0.25, -0.2) is 4.98 Å². The minimum atomic E-state index is -0.358. The zero-order chi connectivity index (χ0) is 18.0. The van der Waals surface area contributed by atoms with E-state index in [9.17, 15) is 9.59 Å². The third-order valence-corrected chi connectivity index (χ3v) is 4.65. The van der Waals surface area contributed by atoms with E-state index in [1.54, 1.807) is 17.8 Å². The summed E-state index contributed by atoms with van der Waals surface area (Å²) in [6.45, 7) is 4.17. The Kier molecular flexibility index (Phi) is 5.01. The normalized spacial score (nSPS) is 15.0. The molecule has 134 valence electrons. The molecule has 2 aromatic rings. The summed E-state index contributed by atoms with van der Waals surface area (Å²) in [5.41, 5.74) is 1.91. The summed E-state index contributed by atoms with van der Waals surface area (Å²) in [6, 6.07) is 1.47. The maximum Gasteiger partial charge on any atom is 0.261 e. The topological polar surface area (TPSA) is 92.7 Å². The SMILES string of the molecule is CC(C)CC(NC(=O)c1cc2c([nH]c1=O)CCCC2)c1ncnn1C. The van der Waals surface area contributed by atoms with Crippen LogP contribution in [0.2, 0.25) is 0 Å². The maximum atomic E-state index is 12.8. The molecular formula is C18H25N5O2. The van der Waals surface area contributed by atoms with E-state index in [1.165, 1.54) is 6.33 Å². The fourth-order valence-electron chi connectivity index (χ4n) is 3.40. The van der Waals surface area contributed by atoms with Crippen LogP contribution in [0, 0.1) is 5.92 Å². The number of nitrogens with one attached hydrogen (secondary N) is 2. The van der Waals surface area contributed by atoms with Crippen molar-refractivity contribution in [2.75, 3.05) is 0 Å². The highest BCUT2D eigenvalue weighted by molar-refractivity contribution is 5.94. The number of nitrogens with zero attached hydrogens (tertiary/aromatic N) is 3. The quantitative estimate of drug-likeness (QED) is 0.867. The average Bonchev–Trinajstić information content (AvgIpc) is 2.99. The summed E-state index contributed by atoms with van der Waals surface area (Å²) in [6.07, 6.45) is 6.15. The molecule has 3 rings (SSSR count). The second-order valence-corrected chi connectivity index (χ2v) is 7.12. The highest BCUT2D eigenvalue weighted by Crippen LogP contribution is 2.21. The van der Waals surface area contributed by atoms with Crippen molar-refractivity contribution in [3.63, 3.8) is 0 Å². The molecule has 2 N–H and O–H groups in total. The largest absolute Gasteiger partial charge is 0.342 e. The monoisotopic (exact) mass is 343 g/mol. The van der Waals surface area contributed by atoms with Crippen molar-refractivity contribution >= 4 is 5.91 Å². The predicted octanol–water partition coefficient (Wildman–Crippen LogP) is 1.90. The number of hydrogen-bond acceptors (Lipinski definition) is 4. The lowest BCUT2D eigenvalue weighted by atomic mass is 9.95. The van der Waals surface area contributed by atoms with Gasteiger partial charge in [-0.15, -0.1) is 0 Å². The number of hydrogen-bond donors (Lipinski definition) is 2. The third-order valence-electron chi connectivity index (χ3n) is 4.65. The molecule has 1 aliphatic rings. The van der Waals surface area contributed by atoms with Crippen molar-refractivity contribution in [3.8, 4) is 0 Å². The Morgan fingerprint density at radius 1 is 1.36 bits per heavy atom. The van der Waals surface area contributed by atoms with Crippen LogP contribution in [0.1, 0.15) is 66.6 Å². The van der Waals surface area contributed by atoms with Gasteiger partial charge in [-0.3, -0.25) is 14.3 Å². The maximum absolute atomic E-state index is 12.8. The zero-order valence-electron chi connectivity index (χ0n) is 15.0. The first-order valence-electron chi connectivity index (χ1n) is 8.85. The third kappa shape index (κ3) is 3.81. The molecule has 0 spiro atoms. The number of H-pyrrole nitrogens is 1. The molecule has 0 radical (unpaired) electrons. The highest BCUT2D eigenvalue weighted by Gasteiger charge is 2.23. The fourth-order valence-corrected chi connectivity index (χ4v) is 3.40. The number of aromatic nitrogens is 4. The molecule has 0 aliphatic heterocycles. The number of fused-ring (bicyclic) bond motifs is 1. The van der Waals surface area contributed by atoms with Gasteiger partial charge in [0.2, 0.25) is 0 Å². The van der Waals surface area contributed by atoms with Crippen LogP contribution in [-0.2, 0) is 19.9 Å². The molecule has 0 bridgehead atoms. The lowest BCUT2D eigenvalue weighted by Gasteiger charge is -2.20. The molecule has 1 unspecified atom stereocenters. The molecule has 0 saturated carbocycles. The summed E-state index contributed by atoms with van der Waals surface area (Å²) in [7, 11) is 1.80. The van der Waals surface area contributed by atoms with Crippen molar-refractivity contribution in [1.82, 2.24) is 25.1 Å². The summed E-state index contributed by atoms with van der Waals surface area (Å²) in [4.78, 5) is 32.2. The van der Waals surface area contributed by atoms with E-state index < -0.39 is 0 Å². The lowest BCUT2D eigenvalue weighted by molar-refractivity contribution is 0.0927. The minimum Gasteiger partial charge on any atom is -0.342 e. The van der Waals surface area contributed by atoms with Gasteiger partial charge in [0, 0.05) is 12.7 Å². The summed E-state index contributed by atoms with van der Waals surface area (Å²) in [5.74, 6) is 0.698. The van der Waals surface area contributed by atoms with Crippen LogP contribution in [0.25, 0.3) is 0 Å². The van der Waals surface area contributed by atoms with Gasteiger partial charge in [0.1, 0.15) is 17.7 Å². The predicted molar refractivity (Wildman–Crippen MR) is 94.4 cm³/mol. The molecule has 1 amide bonds. The van der Waals surface area contributed by atoms with Crippen molar-refractivity contribution in [2.24, 2.45) is 13.0 Å². The van der Waals surface area contributed by atoms with Crippen LogP contribution in [0.4, 0.5) is 0 Å². The molecule has 7 nitrogen and oxygen atoms in total. The Hall–Kier alpha value is -2.44. The second-order valence-electron chi connectivity index (χ2n) is 7.12. The average molecular weight is 343 g/mol. The summed E-state index contributed by atoms with van der Waals surface area (Å²) < 4.78 is 1.66. The Labute approximate surface area is 146 Å². The molecular weight excluding hydrogens is 318 g/mol. The molecule has 2 heterocycles. The van der Waals surface area contributed by atoms with Crippen LogP contribution < -0.4 is 10.9 Å². The Balaban J connectivity index is 1.86. The van der Waals surface area contributed by atoms with Gasteiger partial charge >= 0.3 is 0 Å². The summed E-state index contributed by atoms with van der Waals surface area (Å²) >= 11 is 0. The molecule has 0 fully saturated rings. The first kappa shape index (κ1) is 17.4. The Morgan fingerprint density at radius 3 is 2.80 bits per heavy atom. The Morgan fingerprint density at radius 2 is 2.12 bits per heavy atom. The number of carbonyl (C=O) groups is 1.